The average molecular weight is 715 g/mol. The number of hydrogen-bond donors (Lipinski definition) is 0. The zero-order valence-electron chi connectivity index (χ0n) is 29.6. The third kappa shape index (κ3) is 4.02. The lowest BCUT2D eigenvalue weighted by atomic mass is 9.95. The largest absolute Gasteiger partial charge is 0.456 e. The number of aromatic nitrogens is 2. The number of benzene rings is 8. The Bertz CT molecular complexity index is 3510. The number of hydrogen-bond acceptors (Lipinski definition) is 3. The van der Waals surface area contributed by atoms with E-state index in [1.54, 1.807) is 6.07 Å². The maximum Gasteiger partial charge on any atom is 0.212 e. The van der Waals surface area contributed by atoms with E-state index in [0.717, 1.165) is 98.6 Å². The Labute approximate surface area is 318 Å². The Kier molecular flexibility index (Phi) is 6.10. The van der Waals surface area contributed by atoms with Gasteiger partial charge in [0.05, 0.1) is 45.6 Å². The molecule has 4 aromatic heterocycles. The van der Waals surface area contributed by atoms with Crippen LogP contribution in [0.25, 0.3) is 115 Å². The Morgan fingerprint density at radius 1 is 0.446 bits per heavy atom. The van der Waals surface area contributed by atoms with Gasteiger partial charge in [0.1, 0.15) is 28.4 Å². The maximum atomic E-state index is 11.1. The van der Waals surface area contributed by atoms with Crippen LogP contribution in [0.2, 0.25) is 0 Å². The summed E-state index contributed by atoms with van der Waals surface area (Å²) in [5, 5.41) is 19.4. The lowest BCUT2D eigenvalue weighted by Crippen LogP contribution is -2.06. The van der Waals surface area contributed by atoms with Gasteiger partial charge in [-0.15, -0.1) is 0 Å². The summed E-state index contributed by atoms with van der Waals surface area (Å²) in [5.41, 5.74) is 10.7. The molecule has 0 saturated carbocycles. The van der Waals surface area contributed by atoms with Gasteiger partial charge < -0.3 is 18.0 Å². The van der Waals surface area contributed by atoms with E-state index in [0.29, 0.717) is 22.6 Å². The van der Waals surface area contributed by atoms with E-state index in [9.17, 15) is 5.26 Å². The predicted molar refractivity (Wildman–Crippen MR) is 226 cm³/mol. The second-order valence-corrected chi connectivity index (χ2v) is 14.2. The molecule has 0 aliphatic rings. The molecule has 6 heteroatoms. The zero-order chi connectivity index (χ0) is 37.1. The summed E-state index contributed by atoms with van der Waals surface area (Å²) in [6.45, 7) is 8.65. The molecule has 0 bridgehead atoms. The van der Waals surface area contributed by atoms with E-state index in [-0.39, 0.29) is 0 Å². The summed E-state index contributed by atoms with van der Waals surface area (Å²) >= 11 is 0. The fourth-order valence-corrected chi connectivity index (χ4v) is 9.01. The second-order valence-electron chi connectivity index (χ2n) is 14.2. The summed E-state index contributed by atoms with van der Waals surface area (Å²) in [4.78, 5) is 4.17. The van der Waals surface area contributed by atoms with Crippen molar-refractivity contribution >= 4 is 93.2 Å². The molecule has 6 nitrogen and oxygen atoms in total. The van der Waals surface area contributed by atoms with E-state index in [1.807, 2.05) is 66.7 Å². The van der Waals surface area contributed by atoms with Crippen LogP contribution in [0.1, 0.15) is 5.56 Å². The SMILES string of the molecule is [C-]#[N+]c1cc(C#N)c(-n2c3ccccc3c3cc4c(cc32)oc2ccccc24)c(-c2ccccc2)c1-n1c2ccccc2c2cc3c(cc21)oc1ccccc13. The molecule has 12 aromatic rings. The van der Waals surface area contributed by atoms with Crippen molar-refractivity contribution in [3.63, 3.8) is 0 Å². The van der Waals surface area contributed by atoms with Crippen LogP contribution in [-0.2, 0) is 0 Å². The molecule has 0 fully saturated rings. The first-order valence-electron chi connectivity index (χ1n) is 18.4. The Hall–Kier alpha value is -8.06. The molecule has 0 amide bonds. The highest BCUT2D eigenvalue weighted by Gasteiger charge is 2.28. The van der Waals surface area contributed by atoms with Gasteiger partial charge in [0.2, 0.25) is 5.69 Å². The van der Waals surface area contributed by atoms with E-state index >= 15 is 0 Å². The first-order valence-corrected chi connectivity index (χ1v) is 18.4. The number of fused-ring (bicyclic) bond motifs is 12. The predicted octanol–water partition coefficient (Wildman–Crippen LogP) is 13.8. The van der Waals surface area contributed by atoms with Crippen LogP contribution in [0.4, 0.5) is 5.69 Å². The lowest BCUT2D eigenvalue weighted by molar-refractivity contribution is 0.669. The van der Waals surface area contributed by atoms with Gasteiger partial charge in [0, 0.05) is 60.8 Å². The van der Waals surface area contributed by atoms with Crippen molar-refractivity contribution in [3.8, 4) is 28.6 Å². The van der Waals surface area contributed by atoms with Crippen LogP contribution in [0.5, 0.6) is 0 Å². The normalized spacial score (nSPS) is 11.9. The highest BCUT2D eigenvalue weighted by Crippen LogP contribution is 2.48. The van der Waals surface area contributed by atoms with Crippen LogP contribution in [0.15, 0.2) is 167 Å². The molecule has 56 heavy (non-hydrogen) atoms. The molecule has 0 N–H and O–H groups in total. The van der Waals surface area contributed by atoms with Crippen molar-refractivity contribution in [1.29, 1.82) is 5.26 Å². The number of nitriles is 1. The van der Waals surface area contributed by atoms with Crippen molar-refractivity contribution in [2.45, 2.75) is 0 Å². The Balaban J connectivity index is 1.29. The first kappa shape index (κ1) is 30.4. The summed E-state index contributed by atoms with van der Waals surface area (Å²) < 4.78 is 17.3. The van der Waals surface area contributed by atoms with Gasteiger partial charge >= 0.3 is 0 Å². The van der Waals surface area contributed by atoms with Gasteiger partial charge in [-0.05, 0) is 48.0 Å². The quantitative estimate of drug-likeness (QED) is 0.171. The topological polar surface area (TPSA) is 64.3 Å². The van der Waals surface area contributed by atoms with E-state index in [4.69, 9.17) is 15.4 Å². The van der Waals surface area contributed by atoms with Gasteiger partial charge in [-0.25, -0.2) is 4.85 Å². The smallest absolute Gasteiger partial charge is 0.212 e. The highest BCUT2D eigenvalue weighted by molar-refractivity contribution is 6.20. The lowest BCUT2D eigenvalue weighted by Gasteiger charge is -2.23. The van der Waals surface area contributed by atoms with Crippen LogP contribution in [-0.4, -0.2) is 9.13 Å². The summed E-state index contributed by atoms with van der Waals surface area (Å²) in [7, 11) is 0. The van der Waals surface area contributed by atoms with Crippen LogP contribution in [0.3, 0.4) is 0 Å². The minimum atomic E-state index is 0.372. The van der Waals surface area contributed by atoms with Crippen LogP contribution >= 0.6 is 0 Å². The molecule has 0 saturated heterocycles. The third-order valence-electron chi connectivity index (χ3n) is 11.3. The average Bonchev–Trinajstić information content (AvgIpc) is 3.98. The second kappa shape index (κ2) is 11.2. The molecule has 0 unspecified atom stereocenters. The van der Waals surface area contributed by atoms with Crippen molar-refractivity contribution in [2.75, 3.05) is 0 Å². The van der Waals surface area contributed by atoms with E-state index < -0.39 is 0 Å². The number of nitrogens with zero attached hydrogens (tertiary/aromatic N) is 4. The minimum absolute atomic E-state index is 0.372. The van der Waals surface area contributed by atoms with Gasteiger partial charge in [0.25, 0.3) is 0 Å². The van der Waals surface area contributed by atoms with Gasteiger partial charge in [-0.3, -0.25) is 0 Å². The molecule has 0 atom stereocenters. The summed E-state index contributed by atoms with van der Waals surface area (Å²) in [5.74, 6) is 0. The maximum absolute atomic E-state index is 11.1. The van der Waals surface area contributed by atoms with Crippen molar-refractivity contribution in [3.05, 3.63) is 175 Å². The standard InChI is InChI=1S/C50H26N4O2/c1-52-39-23-30(28-51)49(53-40-19-9-5-15-31(40)35-24-37-33-17-7-11-21-44(33)55-46(37)26-42(35)53)48(29-13-3-2-4-14-29)50(39)54-41-20-10-6-16-32(41)36-25-38-34-18-8-12-22-45(34)56-47(38)27-43(36)54/h2-27H. The minimum Gasteiger partial charge on any atom is -0.456 e. The molecule has 12 rings (SSSR count). The molecule has 0 spiro atoms. The fourth-order valence-electron chi connectivity index (χ4n) is 9.01. The monoisotopic (exact) mass is 714 g/mol. The fraction of sp³-hybridized carbons (Fsp3) is 0. The Morgan fingerprint density at radius 2 is 0.929 bits per heavy atom. The number of rotatable bonds is 3. The Morgan fingerprint density at radius 3 is 1.46 bits per heavy atom. The van der Waals surface area contributed by atoms with Crippen LogP contribution in [0, 0.1) is 17.9 Å². The number of furan rings is 2. The van der Waals surface area contributed by atoms with Gasteiger partial charge in [0.15, 0.2) is 0 Å². The van der Waals surface area contributed by atoms with E-state index in [1.165, 1.54) is 0 Å². The molecule has 8 aromatic carbocycles. The van der Waals surface area contributed by atoms with Crippen molar-refractivity contribution in [2.24, 2.45) is 0 Å². The van der Waals surface area contributed by atoms with Crippen molar-refractivity contribution in [1.82, 2.24) is 9.13 Å². The third-order valence-corrected chi connectivity index (χ3v) is 11.3. The highest BCUT2D eigenvalue weighted by atomic mass is 16.3. The molecule has 0 radical (unpaired) electrons. The van der Waals surface area contributed by atoms with Crippen LogP contribution < -0.4 is 0 Å². The molecular weight excluding hydrogens is 689 g/mol. The molecule has 0 aliphatic carbocycles. The molecule has 0 aliphatic heterocycles. The van der Waals surface area contributed by atoms with Gasteiger partial charge in [-0.1, -0.05) is 103 Å². The zero-order valence-corrected chi connectivity index (χ0v) is 29.6. The molecular formula is C50H26N4O2. The first-order chi connectivity index (χ1) is 27.7. The molecule has 258 valence electrons. The summed E-state index contributed by atoms with van der Waals surface area (Å²) in [6, 6.07) is 55.9. The summed E-state index contributed by atoms with van der Waals surface area (Å²) in [6.07, 6.45) is 0. The van der Waals surface area contributed by atoms with Gasteiger partial charge in [-0.2, -0.15) is 5.26 Å². The number of para-hydroxylation sites is 4. The van der Waals surface area contributed by atoms with Crippen molar-refractivity contribution < 1.29 is 8.83 Å². The van der Waals surface area contributed by atoms with E-state index in [2.05, 4.69) is 105 Å². The molecule has 4 heterocycles.